The predicted molar refractivity (Wildman–Crippen MR) is 119 cm³/mol. The Morgan fingerprint density at radius 3 is 2.57 bits per heavy atom. The third kappa shape index (κ3) is 4.52. The van der Waals surface area contributed by atoms with Crippen molar-refractivity contribution < 1.29 is 4.79 Å². The Hall–Kier alpha value is -3.58. The fraction of sp³-hybridized carbons (Fsp3) is 0.130. The molecular formula is C23H20N4O2S. The van der Waals surface area contributed by atoms with Gasteiger partial charge in [0, 0.05) is 28.9 Å². The number of hydrogen-bond acceptors (Lipinski definition) is 5. The Morgan fingerprint density at radius 2 is 1.83 bits per heavy atom. The molecule has 3 heterocycles. The molecule has 0 unspecified atom stereocenters. The van der Waals surface area contributed by atoms with Crippen LogP contribution in [0.25, 0.3) is 11.4 Å². The van der Waals surface area contributed by atoms with Crippen LogP contribution < -0.4 is 10.9 Å². The fourth-order valence-electron chi connectivity index (χ4n) is 2.97. The molecule has 4 rings (SSSR count). The molecule has 0 radical (unpaired) electrons. The summed E-state index contributed by atoms with van der Waals surface area (Å²) in [6.45, 7) is 4.39. The van der Waals surface area contributed by atoms with Crippen molar-refractivity contribution in [1.29, 1.82) is 0 Å². The average molecular weight is 417 g/mol. The van der Waals surface area contributed by atoms with Crippen molar-refractivity contribution in [3.05, 3.63) is 98.9 Å². The second-order valence-electron chi connectivity index (χ2n) is 7.02. The van der Waals surface area contributed by atoms with E-state index in [0.717, 1.165) is 17.0 Å². The maximum absolute atomic E-state index is 12.6. The zero-order valence-corrected chi connectivity index (χ0v) is 17.4. The molecule has 4 aromatic rings. The van der Waals surface area contributed by atoms with Gasteiger partial charge in [0.15, 0.2) is 5.13 Å². The largest absolute Gasteiger partial charge is 0.311 e. The van der Waals surface area contributed by atoms with Crippen molar-refractivity contribution >= 4 is 22.4 Å². The molecule has 0 aliphatic rings. The van der Waals surface area contributed by atoms with Gasteiger partial charge in [0.05, 0.1) is 12.2 Å². The number of pyridine rings is 2. The van der Waals surface area contributed by atoms with Crippen molar-refractivity contribution in [1.82, 2.24) is 14.5 Å². The van der Waals surface area contributed by atoms with E-state index in [-0.39, 0.29) is 11.5 Å². The molecule has 0 atom stereocenters. The standard InChI is InChI=1S/C23H20N4O2S/c1-15-6-8-17(9-7-15)13-27-11-10-18(12-21(27)28)22(29)26-23-25-20(14-30-23)19-5-3-4-16(2)24-19/h3-12,14H,13H2,1-2H3,(H,25,26,29). The van der Waals surface area contributed by atoms with Gasteiger partial charge in [0.25, 0.3) is 11.5 Å². The van der Waals surface area contributed by atoms with E-state index in [1.165, 1.54) is 23.0 Å². The van der Waals surface area contributed by atoms with Gasteiger partial charge >= 0.3 is 0 Å². The molecule has 3 aromatic heterocycles. The number of aromatic nitrogens is 3. The third-order valence-electron chi connectivity index (χ3n) is 4.61. The summed E-state index contributed by atoms with van der Waals surface area (Å²) in [6, 6.07) is 16.7. The van der Waals surface area contributed by atoms with E-state index in [1.54, 1.807) is 16.8 Å². The summed E-state index contributed by atoms with van der Waals surface area (Å²) < 4.78 is 1.58. The molecule has 7 heteroatoms. The maximum Gasteiger partial charge on any atom is 0.257 e. The van der Waals surface area contributed by atoms with Gasteiger partial charge in [-0.15, -0.1) is 11.3 Å². The summed E-state index contributed by atoms with van der Waals surface area (Å²) in [4.78, 5) is 33.9. The number of carbonyl (C=O) groups is 1. The molecule has 0 aliphatic heterocycles. The normalized spacial score (nSPS) is 10.7. The van der Waals surface area contributed by atoms with Crippen molar-refractivity contribution in [2.24, 2.45) is 0 Å². The zero-order valence-electron chi connectivity index (χ0n) is 16.6. The van der Waals surface area contributed by atoms with Crippen LogP contribution in [0, 0.1) is 13.8 Å². The van der Waals surface area contributed by atoms with E-state index in [4.69, 9.17) is 0 Å². The van der Waals surface area contributed by atoms with E-state index in [2.05, 4.69) is 15.3 Å². The number of nitrogens with one attached hydrogen (secondary N) is 1. The minimum absolute atomic E-state index is 0.230. The first-order chi connectivity index (χ1) is 14.5. The maximum atomic E-state index is 12.6. The van der Waals surface area contributed by atoms with Crippen LogP contribution >= 0.6 is 11.3 Å². The summed E-state index contributed by atoms with van der Waals surface area (Å²) in [6.07, 6.45) is 1.64. The predicted octanol–water partition coefficient (Wildman–Crippen LogP) is 4.28. The quantitative estimate of drug-likeness (QED) is 0.527. The molecule has 1 aromatic carbocycles. The Kier molecular flexibility index (Phi) is 5.54. The van der Waals surface area contributed by atoms with Gasteiger partial charge in [0.1, 0.15) is 5.69 Å². The fourth-order valence-corrected chi connectivity index (χ4v) is 3.67. The third-order valence-corrected chi connectivity index (χ3v) is 5.36. The van der Waals surface area contributed by atoms with Crippen LogP contribution in [0.1, 0.15) is 27.2 Å². The van der Waals surface area contributed by atoms with Crippen LogP contribution in [0.15, 0.2) is 71.0 Å². The minimum Gasteiger partial charge on any atom is -0.311 e. The highest BCUT2D eigenvalue weighted by Crippen LogP contribution is 2.24. The molecule has 1 amide bonds. The second kappa shape index (κ2) is 8.42. The first-order valence-electron chi connectivity index (χ1n) is 9.45. The highest BCUT2D eigenvalue weighted by Gasteiger charge is 2.12. The number of nitrogens with zero attached hydrogens (tertiary/aromatic N) is 3. The van der Waals surface area contributed by atoms with Gasteiger partial charge in [0.2, 0.25) is 0 Å². The Labute approximate surface area is 177 Å². The van der Waals surface area contributed by atoms with Gasteiger partial charge < -0.3 is 4.57 Å². The van der Waals surface area contributed by atoms with Crippen LogP contribution in [0.2, 0.25) is 0 Å². The molecule has 0 fully saturated rings. The highest BCUT2D eigenvalue weighted by atomic mass is 32.1. The number of hydrogen-bond donors (Lipinski definition) is 1. The number of anilines is 1. The van der Waals surface area contributed by atoms with E-state index in [1.807, 2.05) is 61.7 Å². The van der Waals surface area contributed by atoms with Crippen LogP contribution in [-0.2, 0) is 6.54 Å². The molecule has 6 nitrogen and oxygen atoms in total. The van der Waals surface area contributed by atoms with Gasteiger partial charge in [-0.3, -0.25) is 19.9 Å². The van der Waals surface area contributed by atoms with Gasteiger partial charge in [-0.25, -0.2) is 4.98 Å². The summed E-state index contributed by atoms with van der Waals surface area (Å²) in [5.74, 6) is -0.368. The zero-order chi connectivity index (χ0) is 21.1. The van der Waals surface area contributed by atoms with Crippen LogP contribution in [0.4, 0.5) is 5.13 Å². The van der Waals surface area contributed by atoms with Crippen LogP contribution in [0.3, 0.4) is 0 Å². The van der Waals surface area contributed by atoms with Gasteiger partial charge in [-0.05, 0) is 37.6 Å². The lowest BCUT2D eigenvalue weighted by Crippen LogP contribution is -2.22. The topological polar surface area (TPSA) is 76.9 Å². The molecule has 0 bridgehead atoms. The monoisotopic (exact) mass is 416 g/mol. The summed E-state index contributed by atoms with van der Waals surface area (Å²) in [5.41, 5.74) is 4.62. The molecular weight excluding hydrogens is 396 g/mol. The number of aryl methyl sites for hydroxylation is 2. The van der Waals surface area contributed by atoms with E-state index in [0.29, 0.717) is 22.9 Å². The molecule has 1 N–H and O–H groups in total. The molecule has 150 valence electrons. The first-order valence-corrected chi connectivity index (χ1v) is 10.3. The number of rotatable bonds is 5. The lowest BCUT2D eigenvalue weighted by molar-refractivity contribution is 0.102. The SMILES string of the molecule is Cc1ccc(Cn2ccc(C(=O)Nc3nc(-c4cccc(C)n4)cs3)cc2=O)cc1. The van der Waals surface area contributed by atoms with Gasteiger partial charge in [-0.1, -0.05) is 35.9 Å². The van der Waals surface area contributed by atoms with Crippen LogP contribution in [-0.4, -0.2) is 20.4 Å². The number of amides is 1. The summed E-state index contributed by atoms with van der Waals surface area (Å²) in [7, 11) is 0. The van der Waals surface area contributed by atoms with Crippen molar-refractivity contribution in [3.8, 4) is 11.4 Å². The summed E-state index contributed by atoms with van der Waals surface area (Å²) in [5, 5.41) is 5.06. The molecule has 0 aliphatic carbocycles. The Morgan fingerprint density at radius 1 is 1.03 bits per heavy atom. The minimum atomic E-state index is -0.368. The van der Waals surface area contributed by atoms with Gasteiger partial charge in [-0.2, -0.15) is 0 Å². The molecule has 0 saturated heterocycles. The molecule has 30 heavy (non-hydrogen) atoms. The van der Waals surface area contributed by atoms with Crippen LogP contribution in [0.5, 0.6) is 0 Å². The number of benzene rings is 1. The first kappa shape index (κ1) is 19.7. The lowest BCUT2D eigenvalue weighted by atomic mass is 10.1. The lowest BCUT2D eigenvalue weighted by Gasteiger charge is -2.07. The second-order valence-corrected chi connectivity index (χ2v) is 7.88. The van der Waals surface area contributed by atoms with E-state index >= 15 is 0 Å². The van der Waals surface area contributed by atoms with E-state index < -0.39 is 0 Å². The smallest absolute Gasteiger partial charge is 0.257 e. The van der Waals surface area contributed by atoms with Crippen molar-refractivity contribution in [2.75, 3.05) is 5.32 Å². The number of carbonyl (C=O) groups excluding carboxylic acids is 1. The van der Waals surface area contributed by atoms with Crippen molar-refractivity contribution in [2.45, 2.75) is 20.4 Å². The Bertz CT molecular complexity index is 1260. The Balaban J connectivity index is 1.47. The molecule has 0 saturated carbocycles. The van der Waals surface area contributed by atoms with E-state index in [9.17, 15) is 9.59 Å². The summed E-state index contributed by atoms with van der Waals surface area (Å²) >= 11 is 1.32. The highest BCUT2D eigenvalue weighted by molar-refractivity contribution is 7.14. The van der Waals surface area contributed by atoms with Crippen molar-refractivity contribution in [3.63, 3.8) is 0 Å². The average Bonchev–Trinajstić information content (AvgIpc) is 3.19. The molecule has 0 spiro atoms. The number of thiazole rings is 1.